The average Bonchev–Trinajstić information content (AvgIpc) is 2.73. The van der Waals surface area contributed by atoms with Gasteiger partial charge < -0.3 is 10.3 Å². The highest BCUT2D eigenvalue weighted by Gasteiger charge is 2.06. The Morgan fingerprint density at radius 3 is 2.93 bits per heavy atom. The Hall–Kier alpha value is -1.70. The van der Waals surface area contributed by atoms with E-state index < -0.39 is 0 Å². The van der Waals surface area contributed by atoms with E-state index in [4.69, 9.17) is 22.5 Å². The fraction of sp³-hybridized carbons (Fsp3) is 0.429. The highest BCUT2D eigenvalue weighted by atomic mass is 32.1. The number of aromatic amines is 1. The third kappa shape index (κ3) is 2.04. The van der Waals surface area contributed by atoms with Gasteiger partial charge in [0, 0.05) is 13.0 Å². The van der Waals surface area contributed by atoms with Gasteiger partial charge in [-0.25, -0.2) is 5.10 Å². The number of hydrogen-bond acceptors (Lipinski definition) is 6. The van der Waals surface area contributed by atoms with Gasteiger partial charge in [-0.3, -0.25) is 4.57 Å². The van der Waals surface area contributed by atoms with Gasteiger partial charge in [0.05, 0.1) is 0 Å². The van der Waals surface area contributed by atoms with Gasteiger partial charge >= 0.3 is 0 Å². The maximum absolute atomic E-state index is 5.60. The summed E-state index contributed by atoms with van der Waals surface area (Å²) in [6.07, 6.45) is 0.582. The number of aryl methyl sites for hydroxylation is 2. The van der Waals surface area contributed by atoms with Gasteiger partial charge in [-0.2, -0.15) is 4.98 Å². The predicted molar refractivity (Wildman–Crippen MR) is 54.6 cm³/mol. The van der Waals surface area contributed by atoms with Gasteiger partial charge in [-0.15, -0.1) is 5.10 Å². The minimum atomic E-state index is 0.358. The molecule has 2 aromatic rings. The molecule has 7 nitrogen and oxygen atoms in total. The first kappa shape index (κ1) is 9.84. The molecule has 0 amide bonds. The molecular formula is C7H10N6OS. The van der Waals surface area contributed by atoms with Gasteiger partial charge in [-0.1, -0.05) is 5.16 Å². The summed E-state index contributed by atoms with van der Waals surface area (Å²) in [5.41, 5.74) is 5.60. The van der Waals surface area contributed by atoms with Crippen LogP contribution in [0.25, 0.3) is 0 Å². The number of H-pyrrole nitrogens is 1. The summed E-state index contributed by atoms with van der Waals surface area (Å²) in [6, 6.07) is 0. The maximum Gasteiger partial charge on any atom is 0.228 e. The molecule has 2 rings (SSSR count). The number of rotatable bonds is 3. The monoisotopic (exact) mass is 226 g/mol. The van der Waals surface area contributed by atoms with Gasteiger partial charge in [0.1, 0.15) is 0 Å². The fourth-order valence-electron chi connectivity index (χ4n) is 1.19. The van der Waals surface area contributed by atoms with E-state index in [9.17, 15) is 0 Å². The summed E-state index contributed by atoms with van der Waals surface area (Å²) >= 11 is 4.99. The molecule has 0 bridgehead atoms. The zero-order chi connectivity index (χ0) is 10.8. The molecule has 15 heavy (non-hydrogen) atoms. The molecule has 0 aliphatic heterocycles. The van der Waals surface area contributed by atoms with Crippen molar-refractivity contribution in [2.75, 3.05) is 5.73 Å². The normalized spacial score (nSPS) is 10.7. The third-order valence-corrected chi connectivity index (χ3v) is 2.22. The lowest BCUT2D eigenvalue weighted by molar-refractivity contribution is 0.368. The van der Waals surface area contributed by atoms with Crippen molar-refractivity contribution in [3.63, 3.8) is 0 Å². The van der Waals surface area contributed by atoms with E-state index in [1.54, 1.807) is 11.5 Å². The van der Waals surface area contributed by atoms with Crippen molar-refractivity contribution in [3.8, 4) is 0 Å². The van der Waals surface area contributed by atoms with Crippen molar-refractivity contribution in [2.45, 2.75) is 19.9 Å². The fourth-order valence-corrected chi connectivity index (χ4v) is 1.43. The summed E-state index contributed by atoms with van der Waals surface area (Å²) in [5.74, 6) is 1.54. The summed E-state index contributed by atoms with van der Waals surface area (Å²) in [5, 5.41) is 10.1. The molecule has 2 aromatic heterocycles. The number of nitrogens with zero attached hydrogens (tertiary/aromatic N) is 4. The minimum absolute atomic E-state index is 0.358. The second-order valence-corrected chi connectivity index (χ2v) is 3.41. The number of aromatic nitrogens is 5. The van der Waals surface area contributed by atoms with E-state index in [-0.39, 0.29) is 0 Å². The molecular weight excluding hydrogens is 216 g/mol. The van der Waals surface area contributed by atoms with E-state index in [2.05, 4.69) is 20.3 Å². The molecule has 0 aliphatic rings. The topological polar surface area (TPSA) is 98.5 Å². The molecule has 0 saturated heterocycles. The smallest absolute Gasteiger partial charge is 0.228 e. The highest BCUT2D eigenvalue weighted by molar-refractivity contribution is 7.71. The van der Waals surface area contributed by atoms with Crippen molar-refractivity contribution in [1.29, 1.82) is 0 Å². The van der Waals surface area contributed by atoms with Crippen LogP contribution in [0.3, 0.4) is 0 Å². The minimum Gasteiger partial charge on any atom is -0.368 e. The number of nitrogens with one attached hydrogen (secondary N) is 1. The molecule has 0 aromatic carbocycles. The lowest BCUT2D eigenvalue weighted by Gasteiger charge is -1.99. The van der Waals surface area contributed by atoms with E-state index in [0.29, 0.717) is 35.4 Å². The largest absolute Gasteiger partial charge is 0.368 e. The first-order valence-electron chi connectivity index (χ1n) is 4.36. The molecule has 80 valence electrons. The number of hydrogen-bond donors (Lipinski definition) is 2. The van der Waals surface area contributed by atoms with Crippen molar-refractivity contribution in [2.24, 2.45) is 0 Å². The molecule has 0 radical (unpaired) electrons. The molecule has 0 atom stereocenters. The molecule has 2 heterocycles. The first-order valence-corrected chi connectivity index (χ1v) is 4.77. The Bertz CT molecular complexity index is 512. The standard InChI is InChI=1S/C7H10N6OS/c1-4-9-5(14-12-4)2-3-13-6(8)10-11-7(13)15/h2-3H2,1H3,(H2,8,10)(H,11,15). The molecule has 3 N–H and O–H groups in total. The lowest BCUT2D eigenvalue weighted by Crippen LogP contribution is -2.06. The van der Waals surface area contributed by atoms with E-state index >= 15 is 0 Å². The third-order valence-electron chi connectivity index (χ3n) is 1.91. The van der Waals surface area contributed by atoms with Crippen LogP contribution in [0.5, 0.6) is 0 Å². The second kappa shape index (κ2) is 3.81. The van der Waals surface area contributed by atoms with E-state index in [1.165, 1.54) is 0 Å². The number of nitrogen functional groups attached to an aromatic ring is 1. The van der Waals surface area contributed by atoms with Crippen molar-refractivity contribution < 1.29 is 4.52 Å². The Morgan fingerprint density at radius 2 is 2.40 bits per heavy atom. The Kier molecular flexibility index (Phi) is 2.50. The first-order chi connectivity index (χ1) is 7.16. The van der Waals surface area contributed by atoms with Crippen LogP contribution in [0.4, 0.5) is 5.95 Å². The van der Waals surface area contributed by atoms with E-state index in [0.717, 1.165) is 0 Å². The Balaban J connectivity index is 2.08. The van der Waals surface area contributed by atoms with Crippen LogP contribution >= 0.6 is 12.2 Å². The van der Waals surface area contributed by atoms with Crippen LogP contribution in [0, 0.1) is 11.7 Å². The Morgan fingerprint density at radius 1 is 1.60 bits per heavy atom. The molecule has 0 unspecified atom stereocenters. The zero-order valence-electron chi connectivity index (χ0n) is 8.10. The quantitative estimate of drug-likeness (QED) is 0.737. The van der Waals surface area contributed by atoms with Crippen molar-refractivity contribution in [3.05, 3.63) is 16.5 Å². The van der Waals surface area contributed by atoms with Gasteiger partial charge in [0.25, 0.3) is 0 Å². The van der Waals surface area contributed by atoms with Crippen LogP contribution < -0.4 is 5.73 Å². The van der Waals surface area contributed by atoms with Crippen molar-refractivity contribution in [1.82, 2.24) is 24.9 Å². The predicted octanol–water partition coefficient (Wildman–Crippen LogP) is 0.457. The molecule has 8 heteroatoms. The van der Waals surface area contributed by atoms with Gasteiger partial charge in [0.2, 0.25) is 11.8 Å². The second-order valence-electron chi connectivity index (χ2n) is 3.02. The van der Waals surface area contributed by atoms with Crippen LogP contribution in [-0.4, -0.2) is 24.9 Å². The van der Waals surface area contributed by atoms with Crippen LogP contribution in [0.2, 0.25) is 0 Å². The summed E-state index contributed by atoms with van der Waals surface area (Å²) in [6.45, 7) is 2.34. The number of nitrogens with two attached hydrogens (primary N) is 1. The molecule has 0 spiro atoms. The van der Waals surface area contributed by atoms with Crippen LogP contribution in [-0.2, 0) is 13.0 Å². The highest BCUT2D eigenvalue weighted by Crippen LogP contribution is 2.03. The molecule has 0 fully saturated rings. The zero-order valence-corrected chi connectivity index (χ0v) is 8.91. The van der Waals surface area contributed by atoms with Crippen LogP contribution in [0.15, 0.2) is 4.52 Å². The molecule has 0 aliphatic carbocycles. The summed E-state index contributed by atoms with van der Waals surface area (Å²) in [7, 11) is 0. The van der Waals surface area contributed by atoms with Gasteiger partial charge in [-0.05, 0) is 19.1 Å². The van der Waals surface area contributed by atoms with Gasteiger partial charge in [0.15, 0.2) is 10.6 Å². The maximum atomic E-state index is 5.60. The SMILES string of the molecule is Cc1noc(CCn2c(N)n[nH]c2=S)n1. The summed E-state index contributed by atoms with van der Waals surface area (Å²) in [4.78, 5) is 4.07. The number of anilines is 1. The summed E-state index contributed by atoms with van der Waals surface area (Å²) < 4.78 is 7.13. The van der Waals surface area contributed by atoms with E-state index in [1.807, 2.05) is 0 Å². The molecule has 0 saturated carbocycles. The Labute approximate surface area is 90.3 Å². The lowest BCUT2D eigenvalue weighted by atomic mass is 10.4. The average molecular weight is 226 g/mol. The van der Waals surface area contributed by atoms with Crippen LogP contribution in [0.1, 0.15) is 11.7 Å². The van der Waals surface area contributed by atoms with Crippen molar-refractivity contribution >= 4 is 18.2 Å².